The van der Waals surface area contributed by atoms with Crippen molar-refractivity contribution in [1.82, 2.24) is 15.0 Å². The number of esters is 1. The molecule has 5 heteroatoms. The summed E-state index contributed by atoms with van der Waals surface area (Å²) in [6.07, 6.45) is 1.46. The van der Waals surface area contributed by atoms with E-state index in [9.17, 15) is 4.79 Å². The minimum Gasteiger partial charge on any atom is -0.461 e. The van der Waals surface area contributed by atoms with Crippen molar-refractivity contribution in [3.8, 4) is 0 Å². The van der Waals surface area contributed by atoms with Crippen molar-refractivity contribution in [3.63, 3.8) is 0 Å². The molecule has 0 atom stereocenters. The fraction of sp³-hybridized carbons (Fsp3) is 0.300. The molecule has 0 radical (unpaired) electrons. The van der Waals surface area contributed by atoms with Gasteiger partial charge in [0.1, 0.15) is 17.7 Å². The molecule has 0 fully saturated rings. The van der Waals surface area contributed by atoms with Gasteiger partial charge in [-0.3, -0.25) is 0 Å². The van der Waals surface area contributed by atoms with E-state index in [0.29, 0.717) is 17.9 Å². The molecule has 0 amide bonds. The third-order valence-corrected chi connectivity index (χ3v) is 2.12. The maximum atomic E-state index is 11.4. The molecule has 0 aliphatic carbocycles. The minimum atomic E-state index is -0.366. The molecule has 0 saturated heterocycles. The number of ether oxygens (including phenoxy) is 1. The number of nitrogens with one attached hydrogen (secondary N) is 1. The van der Waals surface area contributed by atoms with Crippen LogP contribution in [-0.4, -0.2) is 27.5 Å². The lowest BCUT2D eigenvalue weighted by Crippen LogP contribution is -2.04. The molecule has 78 valence electrons. The highest BCUT2D eigenvalue weighted by Crippen LogP contribution is 2.15. The van der Waals surface area contributed by atoms with E-state index in [-0.39, 0.29) is 5.97 Å². The van der Waals surface area contributed by atoms with Gasteiger partial charge in [0, 0.05) is 5.39 Å². The largest absolute Gasteiger partial charge is 0.461 e. The lowest BCUT2D eigenvalue weighted by atomic mass is 10.3. The maximum absolute atomic E-state index is 11.4. The monoisotopic (exact) mass is 205 g/mol. The van der Waals surface area contributed by atoms with E-state index in [1.807, 2.05) is 6.92 Å². The van der Waals surface area contributed by atoms with Crippen LogP contribution in [-0.2, 0) is 4.74 Å². The van der Waals surface area contributed by atoms with Crippen LogP contribution in [0.1, 0.15) is 23.1 Å². The second kappa shape index (κ2) is 3.68. The summed E-state index contributed by atoms with van der Waals surface area (Å²) >= 11 is 0. The van der Waals surface area contributed by atoms with Gasteiger partial charge >= 0.3 is 5.97 Å². The van der Waals surface area contributed by atoms with Gasteiger partial charge in [-0.2, -0.15) is 0 Å². The van der Waals surface area contributed by atoms with E-state index in [1.54, 1.807) is 13.0 Å². The highest BCUT2D eigenvalue weighted by molar-refractivity contribution is 5.94. The van der Waals surface area contributed by atoms with Crippen molar-refractivity contribution in [1.29, 1.82) is 0 Å². The molecule has 1 N–H and O–H groups in total. The molecule has 0 spiro atoms. The Kier molecular flexibility index (Phi) is 2.37. The molecular weight excluding hydrogens is 194 g/mol. The van der Waals surface area contributed by atoms with E-state index in [4.69, 9.17) is 4.74 Å². The fourth-order valence-corrected chi connectivity index (χ4v) is 1.38. The standard InChI is InChI=1S/C10H11N3O2/c1-3-15-10(14)8-4-7-6(2)11-5-12-9(7)13-8/h4-5H,3H2,1-2H3,(H,11,12,13). The fourth-order valence-electron chi connectivity index (χ4n) is 1.38. The average molecular weight is 205 g/mol. The van der Waals surface area contributed by atoms with E-state index in [1.165, 1.54) is 6.33 Å². The summed E-state index contributed by atoms with van der Waals surface area (Å²) in [6, 6.07) is 1.71. The van der Waals surface area contributed by atoms with E-state index in [2.05, 4.69) is 15.0 Å². The van der Waals surface area contributed by atoms with Crippen LogP contribution in [0.2, 0.25) is 0 Å². The summed E-state index contributed by atoms with van der Waals surface area (Å²) in [6.45, 7) is 4.00. The molecule has 0 aliphatic heterocycles. The molecule has 2 aromatic heterocycles. The zero-order chi connectivity index (χ0) is 10.8. The summed E-state index contributed by atoms with van der Waals surface area (Å²) < 4.78 is 4.88. The number of hydrogen-bond acceptors (Lipinski definition) is 4. The van der Waals surface area contributed by atoms with Crippen LogP contribution in [0.4, 0.5) is 0 Å². The van der Waals surface area contributed by atoms with Gasteiger partial charge in [-0.25, -0.2) is 14.8 Å². The second-order valence-electron chi connectivity index (χ2n) is 3.12. The number of aromatic nitrogens is 3. The Labute approximate surface area is 86.5 Å². The molecule has 0 bridgehead atoms. The molecule has 0 unspecified atom stereocenters. The SMILES string of the molecule is CCOC(=O)c1cc2c(C)ncnc2[nH]1. The van der Waals surface area contributed by atoms with Gasteiger partial charge in [0.2, 0.25) is 0 Å². The van der Waals surface area contributed by atoms with Gasteiger partial charge in [0.25, 0.3) is 0 Å². The average Bonchev–Trinajstić information content (AvgIpc) is 2.63. The first-order valence-corrected chi connectivity index (χ1v) is 4.69. The highest BCUT2D eigenvalue weighted by Gasteiger charge is 2.11. The van der Waals surface area contributed by atoms with Crippen LogP contribution in [0.3, 0.4) is 0 Å². The van der Waals surface area contributed by atoms with Crippen molar-refractivity contribution in [2.75, 3.05) is 6.61 Å². The second-order valence-corrected chi connectivity index (χ2v) is 3.12. The van der Waals surface area contributed by atoms with Gasteiger partial charge in [0.15, 0.2) is 0 Å². The molecule has 0 saturated carbocycles. The normalized spacial score (nSPS) is 10.5. The third kappa shape index (κ3) is 1.68. The molecule has 0 aromatic carbocycles. The smallest absolute Gasteiger partial charge is 0.354 e. The molecule has 2 aromatic rings. The van der Waals surface area contributed by atoms with Crippen molar-refractivity contribution < 1.29 is 9.53 Å². The molecule has 15 heavy (non-hydrogen) atoms. The zero-order valence-corrected chi connectivity index (χ0v) is 8.57. The predicted octanol–water partition coefficient (Wildman–Crippen LogP) is 1.44. The Hall–Kier alpha value is -1.91. The lowest BCUT2D eigenvalue weighted by Gasteiger charge is -1.96. The van der Waals surface area contributed by atoms with Gasteiger partial charge in [-0.1, -0.05) is 0 Å². The maximum Gasteiger partial charge on any atom is 0.354 e. The number of carbonyl (C=O) groups excluding carboxylic acids is 1. The Bertz CT molecular complexity index is 504. The first-order chi connectivity index (χ1) is 7.22. The van der Waals surface area contributed by atoms with Crippen molar-refractivity contribution >= 4 is 17.0 Å². The summed E-state index contributed by atoms with van der Waals surface area (Å²) in [5.74, 6) is -0.366. The van der Waals surface area contributed by atoms with Crippen LogP contribution in [0.25, 0.3) is 11.0 Å². The molecular formula is C10H11N3O2. The van der Waals surface area contributed by atoms with Crippen LogP contribution >= 0.6 is 0 Å². The van der Waals surface area contributed by atoms with Crippen LogP contribution < -0.4 is 0 Å². The number of nitrogens with zero attached hydrogens (tertiary/aromatic N) is 2. The van der Waals surface area contributed by atoms with Crippen LogP contribution in [0, 0.1) is 6.92 Å². The number of fused-ring (bicyclic) bond motifs is 1. The highest BCUT2D eigenvalue weighted by atomic mass is 16.5. The number of H-pyrrole nitrogens is 1. The predicted molar refractivity (Wildman–Crippen MR) is 54.6 cm³/mol. The van der Waals surface area contributed by atoms with Crippen molar-refractivity contribution in [2.24, 2.45) is 0 Å². The van der Waals surface area contributed by atoms with Crippen molar-refractivity contribution in [3.05, 3.63) is 23.8 Å². The first-order valence-electron chi connectivity index (χ1n) is 4.69. The Morgan fingerprint density at radius 2 is 2.33 bits per heavy atom. The lowest BCUT2D eigenvalue weighted by molar-refractivity contribution is 0.0520. The minimum absolute atomic E-state index is 0.360. The summed E-state index contributed by atoms with van der Waals surface area (Å²) in [4.78, 5) is 22.4. The number of hydrogen-bond donors (Lipinski definition) is 1. The van der Waals surface area contributed by atoms with Gasteiger partial charge in [-0.05, 0) is 19.9 Å². The van der Waals surface area contributed by atoms with Crippen LogP contribution in [0.5, 0.6) is 0 Å². The zero-order valence-electron chi connectivity index (χ0n) is 8.57. The summed E-state index contributed by atoms with van der Waals surface area (Å²) in [7, 11) is 0. The van der Waals surface area contributed by atoms with Gasteiger partial charge in [0.05, 0.1) is 12.3 Å². The topological polar surface area (TPSA) is 67.9 Å². The van der Waals surface area contributed by atoms with Crippen molar-refractivity contribution in [2.45, 2.75) is 13.8 Å². The Morgan fingerprint density at radius 1 is 1.53 bits per heavy atom. The Balaban J connectivity index is 2.47. The quantitative estimate of drug-likeness (QED) is 0.753. The molecule has 0 aliphatic rings. The van der Waals surface area contributed by atoms with E-state index in [0.717, 1.165) is 11.1 Å². The first kappa shape index (κ1) is 9.64. The number of carbonyl (C=O) groups is 1. The number of aromatic amines is 1. The molecule has 2 rings (SSSR count). The summed E-state index contributed by atoms with van der Waals surface area (Å²) in [5.41, 5.74) is 1.91. The van der Waals surface area contributed by atoms with Gasteiger partial charge in [-0.15, -0.1) is 0 Å². The Morgan fingerprint density at radius 3 is 3.00 bits per heavy atom. The molecule has 5 nitrogen and oxygen atoms in total. The molecule has 2 heterocycles. The third-order valence-electron chi connectivity index (χ3n) is 2.12. The van der Waals surface area contributed by atoms with Gasteiger partial charge < -0.3 is 9.72 Å². The number of rotatable bonds is 2. The number of aryl methyl sites for hydroxylation is 1. The summed E-state index contributed by atoms with van der Waals surface area (Å²) in [5, 5.41) is 0.848. The van der Waals surface area contributed by atoms with Crippen LogP contribution in [0.15, 0.2) is 12.4 Å². The van der Waals surface area contributed by atoms with E-state index < -0.39 is 0 Å². The van der Waals surface area contributed by atoms with E-state index >= 15 is 0 Å².